The molecule has 0 spiro atoms. The Balaban J connectivity index is 2.37. The summed E-state index contributed by atoms with van der Waals surface area (Å²) in [6.45, 7) is 0. The number of benzene rings is 1. The second-order valence-corrected chi connectivity index (χ2v) is 4.99. The van der Waals surface area contributed by atoms with E-state index in [0.717, 1.165) is 0 Å². The van der Waals surface area contributed by atoms with Crippen LogP contribution in [0.5, 0.6) is 0 Å². The Labute approximate surface area is 144 Å². The molecule has 7 nitrogen and oxygen atoms in total. The zero-order valence-corrected chi connectivity index (χ0v) is 13.7. The second kappa shape index (κ2) is 7.75. The van der Waals surface area contributed by atoms with Crippen molar-refractivity contribution in [3.63, 3.8) is 0 Å². The maximum Gasteiger partial charge on any atom is 0.274 e. The van der Waals surface area contributed by atoms with Gasteiger partial charge in [-0.1, -0.05) is 5.92 Å². The molecule has 0 bridgehead atoms. The summed E-state index contributed by atoms with van der Waals surface area (Å²) in [6, 6.07) is 7.44. The Hall–Kier alpha value is -3.66. The summed E-state index contributed by atoms with van der Waals surface area (Å²) in [4.78, 5) is 40.1. The monoisotopic (exact) mass is 336 g/mol. The zero-order valence-electron chi connectivity index (χ0n) is 13.7. The van der Waals surface area contributed by atoms with Crippen LogP contribution in [0.1, 0.15) is 36.8 Å². The maximum absolute atomic E-state index is 12.3. The number of anilines is 1. The van der Waals surface area contributed by atoms with Crippen LogP contribution >= 0.6 is 0 Å². The lowest BCUT2D eigenvalue weighted by atomic mass is 10.1. The maximum atomic E-state index is 12.3. The Kier molecular flexibility index (Phi) is 5.48. The van der Waals surface area contributed by atoms with E-state index in [1.165, 1.54) is 44.6 Å². The highest BCUT2D eigenvalue weighted by molar-refractivity contribution is 6.06. The number of carbonyl (C=O) groups excluding carboxylic acids is 3. The lowest BCUT2D eigenvalue weighted by Gasteiger charge is -2.10. The van der Waals surface area contributed by atoms with Crippen LogP contribution in [0.15, 0.2) is 36.5 Å². The van der Waals surface area contributed by atoms with Gasteiger partial charge in [-0.2, -0.15) is 0 Å². The summed E-state index contributed by atoms with van der Waals surface area (Å²) < 4.78 is 0. The van der Waals surface area contributed by atoms with Gasteiger partial charge in [0.05, 0.1) is 0 Å². The van der Waals surface area contributed by atoms with Crippen molar-refractivity contribution in [1.29, 1.82) is 0 Å². The highest BCUT2D eigenvalue weighted by Gasteiger charge is 2.14. The average Bonchev–Trinajstić information content (AvgIpc) is 2.66. The van der Waals surface area contributed by atoms with E-state index in [4.69, 9.17) is 6.42 Å². The van der Waals surface area contributed by atoms with Crippen LogP contribution in [0.3, 0.4) is 0 Å². The SMILES string of the molecule is C#Cc1ccnc(C(=O)Nc2cc(C(=O)NC)cc(C(=O)NC)c2)c1. The van der Waals surface area contributed by atoms with Gasteiger partial charge in [0, 0.05) is 42.7 Å². The molecular weight excluding hydrogens is 320 g/mol. The molecular formula is C18H16N4O3. The number of hydrogen-bond acceptors (Lipinski definition) is 4. The van der Waals surface area contributed by atoms with Crippen molar-refractivity contribution in [3.05, 3.63) is 58.9 Å². The fourth-order valence-corrected chi connectivity index (χ4v) is 2.09. The molecule has 0 atom stereocenters. The van der Waals surface area contributed by atoms with E-state index in [-0.39, 0.29) is 34.3 Å². The molecule has 0 unspecified atom stereocenters. The summed E-state index contributed by atoms with van der Waals surface area (Å²) >= 11 is 0. The van der Waals surface area contributed by atoms with Crippen LogP contribution in [0.4, 0.5) is 5.69 Å². The number of nitrogens with one attached hydrogen (secondary N) is 3. The largest absolute Gasteiger partial charge is 0.355 e. The van der Waals surface area contributed by atoms with Crippen molar-refractivity contribution in [2.75, 3.05) is 19.4 Å². The van der Waals surface area contributed by atoms with Crippen molar-refractivity contribution < 1.29 is 14.4 Å². The van der Waals surface area contributed by atoms with E-state index in [9.17, 15) is 14.4 Å². The molecule has 0 aliphatic carbocycles. The van der Waals surface area contributed by atoms with Gasteiger partial charge in [-0.15, -0.1) is 6.42 Å². The molecule has 1 heterocycles. The molecule has 3 N–H and O–H groups in total. The number of amides is 3. The number of aromatic nitrogens is 1. The van der Waals surface area contributed by atoms with Crippen molar-refractivity contribution in [2.45, 2.75) is 0 Å². The lowest BCUT2D eigenvalue weighted by molar-refractivity contribution is 0.0960. The summed E-state index contributed by atoms with van der Waals surface area (Å²) in [5.41, 5.74) is 1.42. The van der Waals surface area contributed by atoms with Crippen LogP contribution in [0.25, 0.3) is 0 Å². The zero-order chi connectivity index (χ0) is 18.4. The first-order valence-electron chi connectivity index (χ1n) is 7.31. The molecule has 1 aromatic carbocycles. The second-order valence-electron chi connectivity index (χ2n) is 4.99. The van der Waals surface area contributed by atoms with E-state index in [1.807, 2.05) is 0 Å². The number of carbonyl (C=O) groups is 3. The van der Waals surface area contributed by atoms with Gasteiger partial charge >= 0.3 is 0 Å². The van der Waals surface area contributed by atoms with Gasteiger partial charge in [-0.3, -0.25) is 19.4 Å². The summed E-state index contributed by atoms with van der Waals surface area (Å²) in [5.74, 6) is 1.16. The van der Waals surface area contributed by atoms with E-state index >= 15 is 0 Å². The van der Waals surface area contributed by atoms with Crippen molar-refractivity contribution in [3.8, 4) is 12.3 Å². The molecule has 7 heteroatoms. The highest BCUT2D eigenvalue weighted by Crippen LogP contribution is 2.16. The van der Waals surface area contributed by atoms with Gasteiger partial charge in [-0.25, -0.2) is 0 Å². The van der Waals surface area contributed by atoms with Crippen LogP contribution < -0.4 is 16.0 Å². The smallest absolute Gasteiger partial charge is 0.274 e. The molecule has 3 amide bonds. The Morgan fingerprint density at radius 2 is 1.56 bits per heavy atom. The van der Waals surface area contributed by atoms with Gasteiger partial charge in [-0.05, 0) is 30.3 Å². The third-order valence-electron chi connectivity index (χ3n) is 3.33. The topological polar surface area (TPSA) is 100 Å². The fraction of sp³-hybridized carbons (Fsp3) is 0.111. The predicted molar refractivity (Wildman–Crippen MR) is 93.3 cm³/mol. The molecule has 0 saturated heterocycles. The van der Waals surface area contributed by atoms with Crippen LogP contribution in [-0.4, -0.2) is 36.8 Å². The Morgan fingerprint density at radius 1 is 0.960 bits per heavy atom. The molecule has 0 aliphatic heterocycles. The number of hydrogen-bond donors (Lipinski definition) is 3. The third kappa shape index (κ3) is 4.20. The average molecular weight is 336 g/mol. The Bertz CT molecular complexity index is 850. The number of pyridine rings is 1. The first-order valence-corrected chi connectivity index (χ1v) is 7.31. The van der Waals surface area contributed by atoms with Crippen molar-refractivity contribution >= 4 is 23.4 Å². The third-order valence-corrected chi connectivity index (χ3v) is 3.33. The Morgan fingerprint density at radius 3 is 2.08 bits per heavy atom. The fourth-order valence-electron chi connectivity index (χ4n) is 2.09. The highest BCUT2D eigenvalue weighted by atomic mass is 16.2. The molecule has 2 aromatic rings. The van der Waals surface area contributed by atoms with E-state index in [1.54, 1.807) is 6.07 Å². The van der Waals surface area contributed by atoms with Crippen LogP contribution in [0, 0.1) is 12.3 Å². The van der Waals surface area contributed by atoms with Gasteiger partial charge in [0.25, 0.3) is 17.7 Å². The van der Waals surface area contributed by atoms with E-state index < -0.39 is 5.91 Å². The molecule has 0 radical (unpaired) electrons. The normalized spacial score (nSPS) is 9.64. The van der Waals surface area contributed by atoms with Gasteiger partial charge in [0.2, 0.25) is 0 Å². The van der Waals surface area contributed by atoms with Crippen LogP contribution in [0.2, 0.25) is 0 Å². The lowest BCUT2D eigenvalue weighted by Crippen LogP contribution is -2.22. The van der Waals surface area contributed by atoms with Crippen LogP contribution in [-0.2, 0) is 0 Å². The van der Waals surface area contributed by atoms with Crippen molar-refractivity contribution in [1.82, 2.24) is 15.6 Å². The minimum Gasteiger partial charge on any atom is -0.355 e. The van der Waals surface area contributed by atoms with Gasteiger partial charge in [0.15, 0.2) is 0 Å². The minimum atomic E-state index is -0.506. The van der Waals surface area contributed by atoms with Gasteiger partial charge in [0.1, 0.15) is 5.69 Å². The molecule has 0 fully saturated rings. The molecule has 1 aromatic heterocycles. The van der Waals surface area contributed by atoms with Crippen molar-refractivity contribution in [2.24, 2.45) is 0 Å². The summed E-state index contributed by atoms with van der Waals surface area (Å²) in [5, 5.41) is 7.57. The number of terminal acetylenes is 1. The molecule has 2 rings (SSSR count). The summed E-state index contributed by atoms with van der Waals surface area (Å²) in [6.07, 6.45) is 6.74. The predicted octanol–water partition coefficient (Wildman–Crippen LogP) is 1.03. The van der Waals surface area contributed by atoms with E-state index in [2.05, 4.69) is 26.9 Å². The van der Waals surface area contributed by atoms with E-state index in [0.29, 0.717) is 5.56 Å². The first kappa shape index (κ1) is 17.7. The number of rotatable bonds is 4. The first-order chi connectivity index (χ1) is 12.0. The standard InChI is InChI=1S/C18H16N4O3/c1-4-11-5-6-21-15(7-11)18(25)22-14-9-12(16(23)19-2)8-13(10-14)17(24)20-3/h1,5-10H,2-3H3,(H,19,23)(H,20,24)(H,22,25). The molecule has 0 aliphatic rings. The summed E-state index contributed by atoms with van der Waals surface area (Å²) in [7, 11) is 2.95. The molecule has 25 heavy (non-hydrogen) atoms. The molecule has 126 valence electrons. The van der Waals surface area contributed by atoms with Gasteiger partial charge < -0.3 is 16.0 Å². The molecule has 0 saturated carbocycles. The quantitative estimate of drug-likeness (QED) is 0.726. The minimum absolute atomic E-state index is 0.127. The number of nitrogens with zero attached hydrogens (tertiary/aromatic N) is 1.